The van der Waals surface area contributed by atoms with Gasteiger partial charge in [-0.15, -0.1) is 0 Å². The number of nitrogens with one attached hydrogen (secondary N) is 1. The molecular formula is C13H15N2O. The van der Waals surface area contributed by atoms with Crippen LogP contribution in [0, 0.1) is 6.33 Å². The number of H-pyrrole nitrogens is 1. The van der Waals surface area contributed by atoms with Crippen LogP contribution >= 0.6 is 0 Å². The summed E-state index contributed by atoms with van der Waals surface area (Å²) in [5.74, 6) is 0.884. The SMILES string of the molecule is CCC(C)Oc1cccc(-c2c[nH][c]n2)c1. The highest BCUT2D eigenvalue weighted by Crippen LogP contribution is 2.22. The zero-order valence-electron chi connectivity index (χ0n) is 9.53. The van der Waals surface area contributed by atoms with Gasteiger partial charge in [-0.05, 0) is 25.5 Å². The molecule has 1 aromatic carbocycles. The molecule has 0 aliphatic rings. The number of imidazole rings is 1. The molecule has 1 aromatic heterocycles. The number of ether oxygens (including phenoxy) is 1. The van der Waals surface area contributed by atoms with E-state index in [2.05, 4.69) is 30.1 Å². The summed E-state index contributed by atoms with van der Waals surface area (Å²) in [7, 11) is 0. The highest BCUT2D eigenvalue weighted by Gasteiger charge is 2.04. The standard InChI is InChI=1S/C13H15N2O/c1-3-10(2)16-12-6-4-5-11(7-12)13-8-14-9-15-13/h4-8,10H,3H2,1-2H3,(H,14,15). The molecule has 0 saturated heterocycles. The maximum Gasteiger partial charge on any atom is 0.174 e. The quantitative estimate of drug-likeness (QED) is 0.851. The van der Waals surface area contributed by atoms with Crippen molar-refractivity contribution in [2.75, 3.05) is 0 Å². The number of aromatic nitrogens is 2. The second-order valence-corrected chi connectivity index (χ2v) is 3.76. The van der Waals surface area contributed by atoms with Gasteiger partial charge in [-0.3, -0.25) is 0 Å². The van der Waals surface area contributed by atoms with E-state index in [-0.39, 0.29) is 6.10 Å². The summed E-state index contributed by atoms with van der Waals surface area (Å²) in [6.45, 7) is 4.17. The van der Waals surface area contributed by atoms with Crippen LogP contribution in [0.25, 0.3) is 11.3 Å². The van der Waals surface area contributed by atoms with E-state index < -0.39 is 0 Å². The van der Waals surface area contributed by atoms with Crippen molar-refractivity contribution < 1.29 is 4.74 Å². The van der Waals surface area contributed by atoms with Gasteiger partial charge < -0.3 is 9.72 Å². The maximum absolute atomic E-state index is 5.75. The molecule has 0 aliphatic heterocycles. The second-order valence-electron chi connectivity index (χ2n) is 3.76. The van der Waals surface area contributed by atoms with Gasteiger partial charge in [0.05, 0.1) is 11.8 Å². The normalized spacial score (nSPS) is 12.4. The topological polar surface area (TPSA) is 37.9 Å². The Morgan fingerprint density at radius 2 is 2.38 bits per heavy atom. The molecule has 2 aromatic rings. The summed E-state index contributed by atoms with van der Waals surface area (Å²) < 4.78 is 5.75. The van der Waals surface area contributed by atoms with Crippen molar-refractivity contribution in [2.45, 2.75) is 26.4 Å². The van der Waals surface area contributed by atoms with Gasteiger partial charge in [0.25, 0.3) is 0 Å². The average molecular weight is 215 g/mol. The molecular weight excluding hydrogens is 200 g/mol. The van der Waals surface area contributed by atoms with Crippen LogP contribution in [-0.4, -0.2) is 16.1 Å². The Morgan fingerprint density at radius 3 is 3.06 bits per heavy atom. The Hall–Kier alpha value is -1.77. The molecule has 3 nitrogen and oxygen atoms in total. The van der Waals surface area contributed by atoms with Crippen LogP contribution in [0.15, 0.2) is 30.5 Å². The third-order valence-electron chi connectivity index (χ3n) is 2.49. The molecule has 2 rings (SSSR count). The van der Waals surface area contributed by atoms with Gasteiger partial charge in [-0.2, -0.15) is 0 Å². The Labute approximate surface area is 95.5 Å². The zero-order chi connectivity index (χ0) is 11.4. The minimum Gasteiger partial charge on any atom is -0.491 e. The van der Waals surface area contributed by atoms with Crippen LogP contribution in [0.3, 0.4) is 0 Å². The van der Waals surface area contributed by atoms with Crippen molar-refractivity contribution in [3.05, 3.63) is 36.8 Å². The molecule has 0 fully saturated rings. The smallest absolute Gasteiger partial charge is 0.174 e. The fraction of sp³-hybridized carbons (Fsp3) is 0.308. The first kappa shape index (κ1) is 10.7. The average Bonchev–Trinajstić information content (AvgIpc) is 2.83. The van der Waals surface area contributed by atoms with Crippen LogP contribution < -0.4 is 4.74 Å². The third kappa shape index (κ3) is 2.42. The van der Waals surface area contributed by atoms with E-state index in [0.29, 0.717) is 0 Å². The lowest BCUT2D eigenvalue weighted by molar-refractivity contribution is 0.217. The van der Waals surface area contributed by atoms with E-state index in [4.69, 9.17) is 4.74 Å². The lowest BCUT2D eigenvalue weighted by Crippen LogP contribution is -2.09. The highest BCUT2D eigenvalue weighted by molar-refractivity contribution is 5.60. The lowest BCUT2D eigenvalue weighted by atomic mass is 10.1. The minimum absolute atomic E-state index is 0.237. The number of rotatable bonds is 4. The van der Waals surface area contributed by atoms with Crippen LogP contribution in [0.1, 0.15) is 20.3 Å². The van der Waals surface area contributed by atoms with Crippen LogP contribution in [0.2, 0.25) is 0 Å². The van der Waals surface area contributed by atoms with E-state index in [0.717, 1.165) is 23.4 Å². The number of hydrogen-bond donors (Lipinski definition) is 1. The van der Waals surface area contributed by atoms with Crippen molar-refractivity contribution in [1.29, 1.82) is 0 Å². The summed E-state index contributed by atoms with van der Waals surface area (Å²) in [4.78, 5) is 6.91. The fourth-order valence-electron chi connectivity index (χ4n) is 1.42. The predicted octanol–water partition coefficient (Wildman–Crippen LogP) is 3.05. The molecule has 0 aliphatic carbocycles. The van der Waals surface area contributed by atoms with E-state index in [1.54, 1.807) is 0 Å². The van der Waals surface area contributed by atoms with E-state index in [9.17, 15) is 0 Å². The first-order valence-electron chi connectivity index (χ1n) is 5.48. The largest absolute Gasteiger partial charge is 0.491 e. The molecule has 3 heteroatoms. The van der Waals surface area contributed by atoms with E-state index in [1.807, 2.05) is 30.5 Å². The Balaban J connectivity index is 2.20. The molecule has 0 spiro atoms. The first-order chi connectivity index (χ1) is 7.79. The fourth-order valence-corrected chi connectivity index (χ4v) is 1.42. The molecule has 1 unspecified atom stereocenters. The van der Waals surface area contributed by atoms with Gasteiger partial charge in [0.2, 0.25) is 0 Å². The summed E-state index contributed by atoms with van der Waals surface area (Å²) in [6.07, 6.45) is 5.74. The summed E-state index contributed by atoms with van der Waals surface area (Å²) in [5.41, 5.74) is 1.92. The Bertz CT molecular complexity index is 437. The van der Waals surface area contributed by atoms with Gasteiger partial charge in [-0.1, -0.05) is 19.1 Å². The monoisotopic (exact) mass is 215 g/mol. The third-order valence-corrected chi connectivity index (χ3v) is 2.49. The van der Waals surface area contributed by atoms with Crippen molar-refractivity contribution in [2.24, 2.45) is 0 Å². The molecule has 0 saturated carbocycles. The van der Waals surface area contributed by atoms with Crippen molar-refractivity contribution in [3.63, 3.8) is 0 Å². The summed E-state index contributed by atoms with van der Waals surface area (Å²) >= 11 is 0. The molecule has 0 bridgehead atoms. The number of hydrogen-bond acceptors (Lipinski definition) is 2. The Kier molecular flexibility index (Phi) is 3.25. The van der Waals surface area contributed by atoms with E-state index >= 15 is 0 Å². The molecule has 1 atom stereocenters. The molecule has 1 heterocycles. The van der Waals surface area contributed by atoms with Gasteiger partial charge in [0.1, 0.15) is 5.75 Å². The zero-order valence-corrected chi connectivity index (χ0v) is 9.53. The first-order valence-corrected chi connectivity index (χ1v) is 5.48. The van der Waals surface area contributed by atoms with Crippen LogP contribution in [-0.2, 0) is 0 Å². The summed E-state index contributed by atoms with van der Waals surface area (Å²) in [5, 5.41) is 0. The lowest BCUT2D eigenvalue weighted by Gasteiger charge is -2.12. The molecule has 1 N–H and O–H groups in total. The Morgan fingerprint density at radius 1 is 1.50 bits per heavy atom. The number of benzene rings is 1. The molecule has 0 amide bonds. The van der Waals surface area contributed by atoms with Crippen LogP contribution in [0.4, 0.5) is 0 Å². The van der Waals surface area contributed by atoms with Crippen molar-refractivity contribution in [3.8, 4) is 17.0 Å². The molecule has 1 radical (unpaired) electrons. The molecule has 83 valence electrons. The second kappa shape index (κ2) is 4.84. The summed E-state index contributed by atoms with van der Waals surface area (Å²) in [6, 6.07) is 7.94. The minimum atomic E-state index is 0.237. The maximum atomic E-state index is 5.75. The van der Waals surface area contributed by atoms with Crippen molar-refractivity contribution >= 4 is 0 Å². The van der Waals surface area contributed by atoms with Crippen molar-refractivity contribution in [1.82, 2.24) is 9.97 Å². The molecule has 16 heavy (non-hydrogen) atoms. The number of aromatic amines is 1. The van der Waals surface area contributed by atoms with Gasteiger partial charge in [0, 0.05) is 11.8 Å². The van der Waals surface area contributed by atoms with E-state index in [1.165, 1.54) is 0 Å². The van der Waals surface area contributed by atoms with Crippen LogP contribution in [0.5, 0.6) is 5.75 Å². The van der Waals surface area contributed by atoms with Gasteiger partial charge in [-0.25, -0.2) is 4.98 Å². The predicted molar refractivity (Wildman–Crippen MR) is 63.2 cm³/mol. The van der Waals surface area contributed by atoms with Gasteiger partial charge >= 0.3 is 0 Å². The number of nitrogens with zero attached hydrogens (tertiary/aromatic N) is 1. The van der Waals surface area contributed by atoms with Gasteiger partial charge in [0.15, 0.2) is 6.33 Å². The highest BCUT2D eigenvalue weighted by atomic mass is 16.5.